The predicted molar refractivity (Wildman–Crippen MR) is 80.0 cm³/mol. The molecule has 6 heteroatoms. The lowest BCUT2D eigenvalue weighted by Gasteiger charge is -2.37. The van der Waals surface area contributed by atoms with E-state index in [1.807, 2.05) is 12.1 Å². The van der Waals surface area contributed by atoms with Gasteiger partial charge in [0.15, 0.2) is 6.10 Å². The Balaban J connectivity index is 1.95. The number of rotatable bonds is 1. The Bertz CT molecular complexity index is 554. The van der Waals surface area contributed by atoms with Gasteiger partial charge in [-0.15, -0.1) is 0 Å². The van der Waals surface area contributed by atoms with Crippen molar-refractivity contribution in [2.45, 2.75) is 32.2 Å². The van der Waals surface area contributed by atoms with Gasteiger partial charge in [0.05, 0.1) is 17.9 Å². The summed E-state index contributed by atoms with van der Waals surface area (Å²) in [6.45, 7) is 5.71. The molecule has 0 saturated carbocycles. The van der Waals surface area contributed by atoms with Crippen molar-refractivity contribution < 1.29 is 14.6 Å². The summed E-state index contributed by atoms with van der Waals surface area (Å²) >= 11 is 3.54. The Labute approximate surface area is 126 Å². The summed E-state index contributed by atoms with van der Waals surface area (Å²) in [6, 6.07) is 3.73. The highest BCUT2D eigenvalue weighted by atomic mass is 79.9. The molecule has 2 aliphatic heterocycles. The van der Waals surface area contributed by atoms with Crippen LogP contribution in [0.25, 0.3) is 0 Å². The van der Waals surface area contributed by atoms with E-state index in [0.29, 0.717) is 11.3 Å². The minimum absolute atomic E-state index is 0.166. The highest BCUT2D eigenvalue weighted by molar-refractivity contribution is 9.10. The predicted octanol–water partition coefficient (Wildman–Crippen LogP) is 2.05. The molecule has 0 aliphatic carbocycles. The molecule has 3 rings (SSSR count). The van der Waals surface area contributed by atoms with E-state index in [2.05, 4.69) is 40.0 Å². The van der Waals surface area contributed by atoms with Crippen molar-refractivity contribution in [3.8, 4) is 0 Å². The Kier molecular flexibility index (Phi) is 3.48. The lowest BCUT2D eigenvalue weighted by Crippen LogP contribution is -2.45. The minimum atomic E-state index is -1.07. The molecule has 2 aliphatic rings. The van der Waals surface area contributed by atoms with Crippen LogP contribution in [0.15, 0.2) is 16.6 Å². The molecule has 108 valence electrons. The first-order valence-electron chi connectivity index (χ1n) is 6.68. The summed E-state index contributed by atoms with van der Waals surface area (Å²) in [7, 11) is 0. The SMILES string of the molecule is C[C@@H]1CN(c2cc3c(cc2Br)C(O)C(=O)N3)C[C@H](C)O1. The topological polar surface area (TPSA) is 61.8 Å². The van der Waals surface area contributed by atoms with Crippen LogP contribution in [0.3, 0.4) is 0 Å². The van der Waals surface area contributed by atoms with Crippen molar-refractivity contribution >= 4 is 33.2 Å². The maximum absolute atomic E-state index is 11.5. The van der Waals surface area contributed by atoms with Gasteiger partial charge in [0.2, 0.25) is 0 Å². The molecule has 1 unspecified atom stereocenters. The lowest BCUT2D eigenvalue weighted by molar-refractivity contribution is -0.123. The molecule has 1 saturated heterocycles. The van der Waals surface area contributed by atoms with Gasteiger partial charge >= 0.3 is 0 Å². The number of halogens is 1. The van der Waals surface area contributed by atoms with Gasteiger partial charge in [0.1, 0.15) is 0 Å². The molecular formula is C14H17BrN2O3. The van der Waals surface area contributed by atoms with Crippen molar-refractivity contribution in [3.63, 3.8) is 0 Å². The number of hydrogen-bond donors (Lipinski definition) is 2. The molecule has 0 spiro atoms. The largest absolute Gasteiger partial charge is 0.378 e. The Hall–Kier alpha value is -1.11. The van der Waals surface area contributed by atoms with E-state index in [9.17, 15) is 9.90 Å². The molecule has 3 atom stereocenters. The number of anilines is 2. The van der Waals surface area contributed by atoms with Gasteiger partial charge in [-0.05, 0) is 41.9 Å². The van der Waals surface area contributed by atoms with E-state index < -0.39 is 6.10 Å². The third-order valence-electron chi connectivity index (χ3n) is 3.68. The van der Waals surface area contributed by atoms with Crippen molar-refractivity contribution in [2.24, 2.45) is 0 Å². The first-order valence-corrected chi connectivity index (χ1v) is 7.48. The van der Waals surface area contributed by atoms with Crippen molar-refractivity contribution in [1.82, 2.24) is 0 Å². The smallest absolute Gasteiger partial charge is 0.257 e. The van der Waals surface area contributed by atoms with Crippen LogP contribution in [0.4, 0.5) is 11.4 Å². The van der Waals surface area contributed by atoms with Gasteiger partial charge in [-0.25, -0.2) is 0 Å². The number of nitrogens with zero attached hydrogens (tertiary/aromatic N) is 1. The molecular weight excluding hydrogens is 324 g/mol. The zero-order valence-corrected chi connectivity index (χ0v) is 13.0. The van der Waals surface area contributed by atoms with E-state index in [-0.39, 0.29) is 18.1 Å². The van der Waals surface area contributed by atoms with Gasteiger partial charge < -0.3 is 20.1 Å². The standard InChI is InChI=1S/C14H17BrN2O3/c1-7-5-17(6-8(2)20-7)12-4-11-9(3-10(12)15)13(18)14(19)16-11/h3-4,7-8,13,18H,5-6H2,1-2H3,(H,16,19)/t7-,8+,13?. The number of aliphatic hydroxyl groups excluding tert-OH is 1. The van der Waals surface area contributed by atoms with Crippen LogP contribution in [-0.2, 0) is 9.53 Å². The Morgan fingerprint density at radius 1 is 1.35 bits per heavy atom. The number of aliphatic hydroxyl groups is 1. The first-order chi connectivity index (χ1) is 9.45. The molecule has 0 aromatic heterocycles. The number of nitrogens with one attached hydrogen (secondary N) is 1. The molecule has 1 amide bonds. The normalized spacial score (nSPS) is 29.3. The number of hydrogen-bond acceptors (Lipinski definition) is 4. The minimum Gasteiger partial charge on any atom is -0.378 e. The molecule has 20 heavy (non-hydrogen) atoms. The summed E-state index contributed by atoms with van der Waals surface area (Å²) in [4.78, 5) is 13.8. The maximum atomic E-state index is 11.5. The van der Waals surface area contributed by atoms with Crippen molar-refractivity contribution in [2.75, 3.05) is 23.3 Å². The van der Waals surface area contributed by atoms with E-state index >= 15 is 0 Å². The van der Waals surface area contributed by atoms with Crippen LogP contribution in [0.5, 0.6) is 0 Å². The van der Waals surface area contributed by atoms with E-state index in [4.69, 9.17) is 4.74 Å². The van der Waals surface area contributed by atoms with Crippen LogP contribution in [0.2, 0.25) is 0 Å². The van der Waals surface area contributed by atoms with E-state index in [0.717, 1.165) is 23.2 Å². The summed E-state index contributed by atoms with van der Waals surface area (Å²) in [5.74, 6) is -0.368. The molecule has 1 aromatic rings. The quantitative estimate of drug-likeness (QED) is 0.821. The fourth-order valence-electron chi connectivity index (χ4n) is 2.87. The average Bonchev–Trinajstić information content (AvgIpc) is 2.63. The third-order valence-corrected chi connectivity index (χ3v) is 4.32. The second-order valence-corrected chi connectivity index (χ2v) is 6.30. The van der Waals surface area contributed by atoms with E-state index in [1.54, 1.807) is 0 Å². The number of carbonyl (C=O) groups is 1. The average molecular weight is 341 g/mol. The zero-order chi connectivity index (χ0) is 14.4. The Morgan fingerprint density at radius 2 is 2.00 bits per heavy atom. The summed E-state index contributed by atoms with van der Waals surface area (Å²) < 4.78 is 6.62. The fraction of sp³-hybridized carbons (Fsp3) is 0.500. The highest BCUT2D eigenvalue weighted by Gasteiger charge is 2.31. The molecule has 5 nitrogen and oxygen atoms in total. The van der Waals surface area contributed by atoms with E-state index in [1.165, 1.54) is 0 Å². The highest BCUT2D eigenvalue weighted by Crippen LogP contribution is 2.39. The third kappa shape index (κ3) is 2.32. The number of fused-ring (bicyclic) bond motifs is 1. The molecule has 1 aromatic carbocycles. The number of carbonyl (C=O) groups excluding carboxylic acids is 1. The van der Waals surface area contributed by atoms with Crippen molar-refractivity contribution in [3.05, 3.63) is 22.2 Å². The van der Waals surface area contributed by atoms with Gasteiger partial charge in [-0.1, -0.05) is 0 Å². The molecule has 0 bridgehead atoms. The van der Waals surface area contributed by atoms with Gasteiger partial charge in [-0.3, -0.25) is 4.79 Å². The summed E-state index contributed by atoms with van der Waals surface area (Å²) in [6.07, 6.45) is -0.740. The van der Waals surface area contributed by atoms with Gasteiger partial charge in [0.25, 0.3) is 5.91 Å². The fourth-order valence-corrected chi connectivity index (χ4v) is 3.48. The monoisotopic (exact) mass is 340 g/mol. The number of benzene rings is 1. The van der Waals surface area contributed by atoms with Gasteiger partial charge in [-0.2, -0.15) is 0 Å². The van der Waals surface area contributed by atoms with Crippen molar-refractivity contribution in [1.29, 1.82) is 0 Å². The number of morpholine rings is 1. The molecule has 2 N–H and O–H groups in total. The second-order valence-electron chi connectivity index (χ2n) is 5.44. The maximum Gasteiger partial charge on any atom is 0.257 e. The van der Waals surface area contributed by atoms with Crippen LogP contribution in [0.1, 0.15) is 25.5 Å². The summed E-state index contributed by atoms with van der Waals surface area (Å²) in [5, 5.41) is 12.5. The molecule has 2 heterocycles. The summed E-state index contributed by atoms with van der Waals surface area (Å²) in [5.41, 5.74) is 2.33. The molecule has 0 radical (unpaired) electrons. The second kappa shape index (κ2) is 5.02. The van der Waals surface area contributed by atoms with Crippen LogP contribution in [-0.4, -0.2) is 36.3 Å². The number of ether oxygens (including phenoxy) is 1. The molecule has 1 fully saturated rings. The van der Waals surface area contributed by atoms with Crippen LogP contribution >= 0.6 is 15.9 Å². The first kappa shape index (κ1) is 13.9. The van der Waals surface area contributed by atoms with Crippen LogP contribution < -0.4 is 10.2 Å². The van der Waals surface area contributed by atoms with Crippen LogP contribution in [0, 0.1) is 0 Å². The van der Waals surface area contributed by atoms with Gasteiger partial charge in [0, 0.05) is 28.8 Å². The number of amides is 1. The lowest BCUT2D eigenvalue weighted by atomic mass is 10.1. The zero-order valence-electron chi connectivity index (χ0n) is 11.4. The Morgan fingerprint density at radius 3 is 2.65 bits per heavy atom.